The van der Waals surface area contributed by atoms with Crippen LogP contribution in [0.2, 0.25) is 0 Å². The third kappa shape index (κ3) is 3.22. The maximum absolute atomic E-state index is 12.9. The summed E-state index contributed by atoms with van der Waals surface area (Å²) in [5.74, 6) is -0.448. The largest absolute Gasteiger partial charge is 0.330 e. The Morgan fingerprint density at radius 1 is 1.10 bits per heavy atom. The third-order valence-corrected chi connectivity index (χ3v) is 3.15. The summed E-state index contributed by atoms with van der Waals surface area (Å²) in [4.78, 5) is 13.8. The molecule has 2 N–H and O–H groups in total. The summed E-state index contributed by atoms with van der Waals surface area (Å²) >= 11 is 0. The van der Waals surface area contributed by atoms with Gasteiger partial charge in [0.25, 0.3) is 5.91 Å². The quantitative estimate of drug-likeness (QED) is 0.930. The molecule has 4 heteroatoms. The lowest BCUT2D eigenvalue weighted by Gasteiger charge is -2.17. The highest BCUT2D eigenvalue weighted by Crippen LogP contribution is 2.16. The predicted molar refractivity (Wildman–Crippen MR) is 78.3 cm³/mol. The second-order valence-electron chi connectivity index (χ2n) is 4.58. The van der Waals surface area contributed by atoms with Gasteiger partial charge in [0.15, 0.2) is 0 Å². The lowest BCUT2D eigenvalue weighted by Crippen LogP contribution is -2.26. The Labute approximate surface area is 117 Å². The molecule has 0 aliphatic carbocycles. The van der Waals surface area contributed by atoms with E-state index in [0.717, 1.165) is 12.0 Å². The standard InChI is InChI=1S/C16H17FN2O/c1-19(15-8-6-14(17)7-9-15)16(20)13-4-2-12(3-5-13)10-11-18/h2-9H,10-11,18H2,1H3. The normalized spacial score (nSPS) is 10.3. The minimum Gasteiger partial charge on any atom is -0.330 e. The first-order valence-corrected chi connectivity index (χ1v) is 6.44. The first kappa shape index (κ1) is 14.2. The second-order valence-corrected chi connectivity index (χ2v) is 4.58. The van der Waals surface area contributed by atoms with E-state index in [-0.39, 0.29) is 11.7 Å². The predicted octanol–water partition coefficient (Wildman–Crippen LogP) is 2.60. The average molecular weight is 272 g/mol. The lowest BCUT2D eigenvalue weighted by atomic mass is 10.1. The SMILES string of the molecule is CN(C(=O)c1ccc(CCN)cc1)c1ccc(F)cc1. The summed E-state index contributed by atoms with van der Waals surface area (Å²) in [7, 11) is 1.67. The zero-order valence-corrected chi connectivity index (χ0v) is 11.3. The molecule has 1 amide bonds. The van der Waals surface area contributed by atoms with Gasteiger partial charge in [-0.15, -0.1) is 0 Å². The Kier molecular flexibility index (Phi) is 4.48. The van der Waals surface area contributed by atoms with Crippen molar-refractivity contribution in [1.29, 1.82) is 0 Å². The molecule has 0 atom stereocenters. The summed E-state index contributed by atoms with van der Waals surface area (Å²) in [6.07, 6.45) is 0.794. The molecule has 0 unspecified atom stereocenters. The number of halogens is 1. The minimum atomic E-state index is -0.319. The highest BCUT2D eigenvalue weighted by atomic mass is 19.1. The van der Waals surface area contributed by atoms with Crippen LogP contribution in [-0.2, 0) is 6.42 Å². The zero-order valence-electron chi connectivity index (χ0n) is 11.3. The first-order valence-electron chi connectivity index (χ1n) is 6.44. The summed E-state index contributed by atoms with van der Waals surface area (Å²) in [6.45, 7) is 0.586. The number of carbonyl (C=O) groups excluding carboxylic acids is 1. The van der Waals surface area contributed by atoms with E-state index in [9.17, 15) is 9.18 Å². The van der Waals surface area contributed by atoms with E-state index in [2.05, 4.69) is 0 Å². The van der Waals surface area contributed by atoms with Gasteiger partial charge in [-0.05, 0) is 54.9 Å². The molecule has 2 aromatic rings. The Morgan fingerprint density at radius 2 is 1.70 bits per heavy atom. The van der Waals surface area contributed by atoms with Crippen molar-refractivity contribution in [3.8, 4) is 0 Å². The van der Waals surface area contributed by atoms with Gasteiger partial charge in [-0.3, -0.25) is 4.79 Å². The van der Waals surface area contributed by atoms with Gasteiger partial charge in [0.05, 0.1) is 0 Å². The number of nitrogens with two attached hydrogens (primary N) is 1. The molecule has 3 nitrogen and oxygen atoms in total. The highest BCUT2D eigenvalue weighted by molar-refractivity contribution is 6.05. The number of carbonyl (C=O) groups is 1. The number of hydrogen-bond donors (Lipinski definition) is 1. The average Bonchev–Trinajstić information content (AvgIpc) is 2.48. The van der Waals surface area contributed by atoms with Crippen molar-refractivity contribution in [2.75, 3.05) is 18.5 Å². The van der Waals surface area contributed by atoms with Gasteiger partial charge >= 0.3 is 0 Å². The van der Waals surface area contributed by atoms with Crippen molar-refractivity contribution in [2.24, 2.45) is 5.73 Å². The Bertz CT molecular complexity index is 578. The van der Waals surface area contributed by atoms with E-state index < -0.39 is 0 Å². The van der Waals surface area contributed by atoms with E-state index in [0.29, 0.717) is 17.8 Å². The van der Waals surface area contributed by atoms with Crippen LogP contribution in [0.5, 0.6) is 0 Å². The number of nitrogens with zero attached hydrogens (tertiary/aromatic N) is 1. The zero-order chi connectivity index (χ0) is 14.5. The fourth-order valence-electron chi connectivity index (χ4n) is 1.96. The highest BCUT2D eigenvalue weighted by Gasteiger charge is 2.13. The molecule has 0 aliphatic rings. The van der Waals surface area contributed by atoms with Crippen molar-refractivity contribution in [2.45, 2.75) is 6.42 Å². The molecule has 0 radical (unpaired) electrons. The number of rotatable bonds is 4. The first-order chi connectivity index (χ1) is 9.61. The van der Waals surface area contributed by atoms with Crippen LogP contribution in [0.15, 0.2) is 48.5 Å². The molecule has 0 heterocycles. The van der Waals surface area contributed by atoms with Gasteiger partial charge in [-0.1, -0.05) is 12.1 Å². The molecule has 0 saturated carbocycles. The lowest BCUT2D eigenvalue weighted by molar-refractivity contribution is 0.0993. The number of anilines is 1. The van der Waals surface area contributed by atoms with Crippen LogP contribution in [0.4, 0.5) is 10.1 Å². The maximum Gasteiger partial charge on any atom is 0.258 e. The molecule has 0 saturated heterocycles. The number of benzene rings is 2. The van der Waals surface area contributed by atoms with E-state index in [1.54, 1.807) is 31.3 Å². The van der Waals surface area contributed by atoms with Crippen molar-refractivity contribution < 1.29 is 9.18 Å². The molecular formula is C16H17FN2O. The van der Waals surface area contributed by atoms with E-state index in [1.807, 2.05) is 12.1 Å². The van der Waals surface area contributed by atoms with Gasteiger partial charge in [-0.25, -0.2) is 4.39 Å². The summed E-state index contributed by atoms with van der Waals surface area (Å²) in [5, 5.41) is 0. The van der Waals surface area contributed by atoms with Gasteiger partial charge in [0.2, 0.25) is 0 Å². The smallest absolute Gasteiger partial charge is 0.258 e. The van der Waals surface area contributed by atoms with Gasteiger partial charge < -0.3 is 10.6 Å². The third-order valence-electron chi connectivity index (χ3n) is 3.15. The topological polar surface area (TPSA) is 46.3 Å². The second kappa shape index (κ2) is 6.30. The fraction of sp³-hybridized carbons (Fsp3) is 0.188. The van der Waals surface area contributed by atoms with E-state index >= 15 is 0 Å². The van der Waals surface area contributed by atoms with Crippen molar-refractivity contribution in [3.63, 3.8) is 0 Å². The monoisotopic (exact) mass is 272 g/mol. The van der Waals surface area contributed by atoms with E-state index in [4.69, 9.17) is 5.73 Å². The molecule has 0 aromatic heterocycles. The van der Waals surface area contributed by atoms with Crippen LogP contribution in [0.3, 0.4) is 0 Å². The van der Waals surface area contributed by atoms with Crippen molar-refractivity contribution >= 4 is 11.6 Å². The van der Waals surface area contributed by atoms with E-state index in [1.165, 1.54) is 17.0 Å². The molecule has 2 aromatic carbocycles. The maximum atomic E-state index is 12.9. The molecular weight excluding hydrogens is 255 g/mol. The molecule has 104 valence electrons. The van der Waals surface area contributed by atoms with Crippen LogP contribution in [0.25, 0.3) is 0 Å². The Hall–Kier alpha value is -2.20. The van der Waals surface area contributed by atoms with Gasteiger partial charge in [0.1, 0.15) is 5.82 Å². The van der Waals surface area contributed by atoms with Gasteiger partial charge in [-0.2, -0.15) is 0 Å². The number of amides is 1. The molecule has 0 aliphatic heterocycles. The molecule has 0 fully saturated rings. The molecule has 2 rings (SSSR count). The van der Waals surface area contributed by atoms with Crippen molar-refractivity contribution in [3.05, 3.63) is 65.5 Å². The van der Waals surface area contributed by atoms with Gasteiger partial charge in [0, 0.05) is 18.3 Å². The molecule has 20 heavy (non-hydrogen) atoms. The van der Waals surface area contributed by atoms with Crippen LogP contribution >= 0.6 is 0 Å². The van der Waals surface area contributed by atoms with Crippen LogP contribution < -0.4 is 10.6 Å². The van der Waals surface area contributed by atoms with Crippen LogP contribution in [0, 0.1) is 5.82 Å². The summed E-state index contributed by atoms with van der Waals surface area (Å²) in [5.41, 5.74) is 7.84. The molecule has 0 bridgehead atoms. The Balaban J connectivity index is 2.15. The number of hydrogen-bond acceptors (Lipinski definition) is 2. The van der Waals surface area contributed by atoms with Crippen molar-refractivity contribution in [1.82, 2.24) is 0 Å². The summed E-state index contributed by atoms with van der Waals surface area (Å²) in [6, 6.07) is 13.2. The Morgan fingerprint density at radius 3 is 2.25 bits per heavy atom. The fourth-order valence-corrected chi connectivity index (χ4v) is 1.96. The molecule has 0 spiro atoms. The van der Waals surface area contributed by atoms with Crippen LogP contribution in [0.1, 0.15) is 15.9 Å². The van der Waals surface area contributed by atoms with Crippen LogP contribution in [-0.4, -0.2) is 19.5 Å². The summed E-state index contributed by atoms with van der Waals surface area (Å²) < 4.78 is 12.9. The minimum absolute atomic E-state index is 0.129.